The zero-order chi connectivity index (χ0) is 19.2. The van der Waals surface area contributed by atoms with Crippen molar-refractivity contribution in [2.75, 3.05) is 18.2 Å². The van der Waals surface area contributed by atoms with E-state index < -0.39 is 5.97 Å². The molecule has 27 heavy (non-hydrogen) atoms. The van der Waals surface area contributed by atoms with Crippen LogP contribution in [-0.4, -0.2) is 31.0 Å². The fourth-order valence-corrected chi connectivity index (χ4v) is 2.70. The highest BCUT2D eigenvalue weighted by Crippen LogP contribution is 2.18. The molecule has 1 aliphatic rings. The van der Waals surface area contributed by atoms with Gasteiger partial charge in [-0.15, -0.1) is 0 Å². The summed E-state index contributed by atoms with van der Waals surface area (Å²) in [5.74, 6) is -0.222. The first-order valence-corrected chi connectivity index (χ1v) is 9.10. The van der Waals surface area contributed by atoms with E-state index >= 15 is 0 Å². The van der Waals surface area contributed by atoms with E-state index in [1.54, 1.807) is 24.3 Å². The molecule has 2 aromatic rings. The van der Waals surface area contributed by atoms with Crippen molar-refractivity contribution in [3.8, 4) is 5.75 Å². The molecule has 0 atom stereocenters. The van der Waals surface area contributed by atoms with Crippen molar-refractivity contribution in [2.24, 2.45) is 0 Å². The lowest BCUT2D eigenvalue weighted by atomic mass is 10.2. The van der Waals surface area contributed by atoms with E-state index in [9.17, 15) is 14.4 Å². The first-order chi connectivity index (χ1) is 13.0. The highest BCUT2D eigenvalue weighted by molar-refractivity contribution is 9.10. The van der Waals surface area contributed by atoms with Crippen LogP contribution in [-0.2, 0) is 14.3 Å². The summed E-state index contributed by atoms with van der Waals surface area (Å²) in [6, 6.07) is 13.6. The van der Waals surface area contributed by atoms with E-state index in [0.717, 1.165) is 4.47 Å². The molecule has 1 N–H and O–H groups in total. The molecule has 2 aromatic carbocycles. The molecular weight excluding hydrogens is 416 g/mol. The number of hydrogen-bond acceptors (Lipinski definition) is 5. The largest absolute Gasteiger partial charge is 0.490 e. The van der Waals surface area contributed by atoms with Crippen LogP contribution in [0.2, 0.25) is 0 Å². The summed E-state index contributed by atoms with van der Waals surface area (Å²) in [5.41, 5.74) is 3.34. The van der Waals surface area contributed by atoms with E-state index in [1.807, 2.05) is 24.3 Å². The summed E-state index contributed by atoms with van der Waals surface area (Å²) >= 11 is 3.34. The number of amides is 2. The minimum absolute atomic E-state index is 0.108. The van der Waals surface area contributed by atoms with Gasteiger partial charge in [-0.2, -0.15) is 0 Å². The lowest BCUT2D eigenvalue weighted by Crippen LogP contribution is -2.50. The third-order valence-electron chi connectivity index (χ3n) is 3.81. The number of nitrogens with zero attached hydrogens (tertiary/aromatic N) is 1. The van der Waals surface area contributed by atoms with Gasteiger partial charge in [0, 0.05) is 17.3 Å². The molecule has 0 aromatic heterocycles. The first-order valence-electron chi connectivity index (χ1n) is 8.31. The van der Waals surface area contributed by atoms with Crippen LogP contribution >= 0.6 is 15.9 Å². The Bertz CT molecular complexity index is 836. The summed E-state index contributed by atoms with van der Waals surface area (Å²) in [7, 11) is 0. The van der Waals surface area contributed by atoms with Gasteiger partial charge in [0.25, 0.3) is 0 Å². The van der Waals surface area contributed by atoms with Crippen LogP contribution in [0, 0.1) is 0 Å². The molecule has 0 aliphatic carbocycles. The minimum Gasteiger partial charge on any atom is -0.490 e. The maximum Gasteiger partial charge on any atom is 0.338 e. The van der Waals surface area contributed by atoms with E-state index in [0.29, 0.717) is 17.0 Å². The molecule has 0 saturated carbocycles. The van der Waals surface area contributed by atoms with E-state index in [2.05, 4.69) is 21.4 Å². The lowest BCUT2D eigenvalue weighted by molar-refractivity contribution is -0.130. The van der Waals surface area contributed by atoms with Gasteiger partial charge in [-0.05, 0) is 48.5 Å². The Morgan fingerprint density at radius 3 is 2.41 bits per heavy atom. The number of hydrogen-bond donors (Lipinski definition) is 1. The molecule has 140 valence electrons. The number of esters is 1. The Morgan fingerprint density at radius 1 is 1.00 bits per heavy atom. The topological polar surface area (TPSA) is 84.9 Å². The Labute approximate surface area is 164 Å². The Balaban J connectivity index is 1.49. The third-order valence-corrected chi connectivity index (χ3v) is 4.34. The predicted molar refractivity (Wildman–Crippen MR) is 101 cm³/mol. The van der Waals surface area contributed by atoms with Crippen LogP contribution in [0.3, 0.4) is 0 Å². The fourth-order valence-electron chi connectivity index (χ4n) is 2.44. The van der Waals surface area contributed by atoms with Crippen molar-refractivity contribution >= 4 is 39.4 Å². The Hall–Kier alpha value is -2.87. The highest BCUT2D eigenvalue weighted by atomic mass is 79.9. The zero-order valence-corrected chi connectivity index (χ0v) is 15.9. The van der Waals surface area contributed by atoms with E-state index in [1.165, 1.54) is 5.01 Å². The number of benzene rings is 2. The molecule has 2 amide bonds. The van der Waals surface area contributed by atoms with Gasteiger partial charge < -0.3 is 9.47 Å². The van der Waals surface area contributed by atoms with Gasteiger partial charge >= 0.3 is 5.97 Å². The SMILES string of the molecule is O=C1CCC(=O)N(c2ccc(C(=O)OCCOc3ccc(Br)cc3)cc2)N1. The van der Waals surface area contributed by atoms with Gasteiger partial charge in [-0.3, -0.25) is 15.0 Å². The zero-order valence-electron chi connectivity index (χ0n) is 14.3. The normalized spacial score (nSPS) is 13.9. The Morgan fingerprint density at radius 2 is 1.70 bits per heavy atom. The molecule has 7 nitrogen and oxygen atoms in total. The van der Waals surface area contributed by atoms with Crippen molar-refractivity contribution in [2.45, 2.75) is 12.8 Å². The molecule has 8 heteroatoms. The Kier molecular flexibility index (Phi) is 6.08. The molecule has 1 saturated heterocycles. The van der Waals surface area contributed by atoms with Gasteiger partial charge in [0.15, 0.2) is 0 Å². The predicted octanol–water partition coefficient (Wildman–Crippen LogP) is 2.84. The van der Waals surface area contributed by atoms with Crippen molar-refractivity contribution < 1.29 is 23.9 Å². The highest BCUT2D eigenvalue weighted by Gasteiger charge is 2.24. The summed E-state index contributed by atoms with van der Waals surface area (Å²) < 4.78 is 11.6. The average Bonchev–Trinajstić information content (AvgIpc) is 2.68. The monoisotopic (exact) mass is 432 g/mol. The summed E-state index contributed by atoms with van der Waals surface area (Å²) in [6.07, 6.45) is 0.343. The second kappa shape index (κ2) is 8.68. The number of carbonyl (C=O) groups is 3. The van der Waals surface area contributed by atoms with Crippen LogP contribution in [0.4, 0.5) is 5.69 Å². The van der Waals surface area contributed by atoms with Crippen LogP contribution in [0.25, 0.3) is 0 Å². The average molecular weight is 433 g/mol. The molecule has 0 spiro atoms. The van der Waals surface area contributed by atoms with Crippen molar-refractivity contribution in [3.05, 3.63) is 58.6 Å². The molecular formula is C19H17BrN2O5. The van der Waals surface area contributed by atoms with E-state index in [-0.39, 0.29) is 37.9 Å². The third kappa shape index (κ3) is 5.07. The second-order valence-electron chi connectivity index (χ2n) is 5.75. The number of ether oxygens (including phenoxy) is 2. The van der Waals surface area contributed by atoms with Crippen LogP contribution in [0.5, 0.6) is 5.75 Å². The maximum atomic E-state index is 12.1. The van der Waals surface area contributed by atoms with Gasteiger partial charge in [0.2, 0.25) is 11.8 Å². The van der Waals surface area contributed by atoms with Crippen LogP contribution in [0.15, 0.2) is 53.0 Å². The van der Waals surface area contributed by atoms with Gasteiger partial charge in [0.1, 0.15) is 19.0 Å². The lowest BCUT2D eigenvalue weighted by Gasteiger charge is -2.27. The molecule has 1 aliphatic heterocycles. The quantitative estimate of drug-likeness (QED) is 0.560. The maximum absolute atomic E-state index is 12.1. The number of rotatable bonds is 6. The first kappa shape index (κ1) is 18.9. The van der Waals surface area contributed by atoms with Crippen molar-refractivity contribution in [1.82, 2.24) is 5.43 Å². The molecule has 0 radical (unpaired) electrons. The van der Waals surface area contributed by atoms with E-state index in [4.69, 9.17) is 9.47 Å². The molecule has 3 rings (SSSR count). The molecule has 0 unspecified atom stereocenters. The summed E-state index contributed by atoms with van der Waals surface area (Å²) in [4.78, 5) is 35.4. The number of hydrazine groups is 1. The van der Waals surface area contributed by atoms with Crippen molar-refractivity contribution in [3.63, 3.8) is 0 Å². The molecule has 0 bridgehead atoms. The fraction of sp³-hybridized carbons (Fsp3) is 0.211. The van der Waals surface area contributed by atoms with Gasteiger partial charge in [-0.1, -0.05) is 15.9 Å². The summed E-state index contributed by atoms with van der Waals surface area (Å²) in [6.45, 7) is 0.344. The number of anilines is 1. The molecule has 1 heterocycles. The molecule has 1 fully saturated rings. The smallest absolute Gasteiger partial charge is 0.338 e. The van der Waals surface area contributed by atoms with Gasteiger partial charge in [-0.25, -0.2) is 9.80 Å². The number of carbonyl (C=O) groups excluding carboxylic acids is 3. The number of nitrogens with one attached hydrogen (secondary N) is 1. The minimum atomic E-state index is -0.491. The second-order valence-corrected chi connectivity index (χ2v) is 6.66. The van der Waals surface area contributed by atoms with Crippen LogP contribution in [0.1, 0.15) is 23.2 Å². The standard InChI is InChI=1S/C19H17BrN2O5/c20-14-3-7-16(8-4-14)26-11-12-27-19(25)13-1-5-15(6-2-13)22-18(24)10-9-17(23)21-22/h1-8H,9-12H2,(H,21,23). The summed E-state index contributed by atoms with van der Waals surface area (Å²) in [5, 5.41) is 1.19. The number of halogens is 1. The van der Waals surface area contributed by atoms with Crippen LogP contribution < -0.4 is 15.2 Å². The van der Waals surface area contributed by atoms with Crippen molar-refractivity contribution in [1.29, 1.82) is 0 Å². The van der Waals surface area contributed by atoms with Gasteiger partial charge in [0.05, 0.1) is 11.3 Å².